The van der Waals surface area contributed by atoms with Crippen molar-refractivity contribution in [1.29, 1.82) is 0 Å². The second kappa shape index (κ2) is 10.3. The smallest absolute Gasteiger partial charge is 0.387 e. The van der Waals surface area contributed by atoms with E-state index in [2.05, 4.69) is 30.6 Å². The molecule has 26 heavy (non-hydrogen) atoms. The Morgan fingerprint density at radius 2 is 2.15 bits per heavy atom. The fraction of sp³-hybridized carbons (Fsp3) is 0.471. The van der Waals surface area contributed by atoms with Crippen molar-refractivity contribution in [3.8, 4) is 5.75 Å². The first-order valence-electron chi connectivity index (χ1n) is 8.55. The van der Waals surface area contributed by atoms with Crippen LogP contribution in [0.4, 0.5) is 8.78 Å². The van der Waals surface area contributed by atoms with Crippen LogP contribution in [0.2, 0.25) is 0 Å². The number of nitrogens with one attached hydrogen (secondary N) is 2. The van der Waals surface area contributed by atoms with Crippen LogP contribution in [0.15, 0.2) is 35.6 Å². The summed E-state index contributed by atoms with van der Waals surface area (Å²) in [4.78, 5) is 4.48. The van der Waals surface area contributed by atoms with Gasteiger partial charge in [0, 0.05) is 26.1 Å². The van der Waals surface area contributed by atoms with Crippen LogP contribution in [0.1, 0.15) is 25.2 Å². The summed E-state index contributed by atoms with van der Waals surface area (Å²) in [5, 5.41) is 14.3. The number of benzene rings is 1. The van der Waals surface area contributed by atoms with E-state index < -0.39 is 6.61 Å². The van der Waals surface area contributed by atoms with Gasteiger partial charge in [-0.05, 0) is 24.6 Å². The van der Waals surface area contributed by atoms with Crippen LogP contribution >= 0.6 is 0 Å². The van der Waals surface area contributed by atoms with Gasteiger partial charge >= 0.3 is 6.61 Å². The summed E-state index contributed by atoms with van der Waals surface area (Å²) < 4.78 is 31.0. The fourth-order valence-corrected chi connectivity index (χ4v) is 2.37. The van der Waals surface area contributed by atoms with Gasteiger partial charge in [-0.1, -0.05) is 19.1 Å². The number of halogens is 2. The average molecular weight is 366 g/mol. The second-order valence-electron chi connectivity index (χ2n) is 5.44. The number of aliphatic imine (C=N–C) groups is 1. The Labute approximate surface area is 151 Å². The van der Waals surface area contributed by atoms with Crippen LogP contribution in [-0.4, -0.2) is 40.4 Å². The molecule has 0 amide bonds. The van der Waals surface area contributed by atoms with Crippen molar-refractivity contribution < 1.29 is 13.5 Å². The highest BCUT2D eigenvalue weighted by molar-refractivity contribution is 5.79. The largest absolute Gasteiger partial charge is 0.435 e. The second-order valence-corrected chi connectivity index (χ2v) is 5.44. The van der Waals surface area contributed by atoms with Crippen LogP contribution in [-0.2, 0) is 19.5 Å². The summed E-state index contributed by atoms with van der Waals surface area (Å²) in [5.74, 6) is 1.72. The monoisotopic (exact) mass is 366 g/mol. The Morgan fingerprint density at radius 1 is 1.31 bits per heavy atom. The number of hydrogen-bond acceptors (Lipinski definition) is 4. The van der Waals surface area contributed by atoms with Crippen LogP contribution < -0.4 is 15.4 Å². The highest BCUT2D eigenvalue weighted by Gasteiger charge is 2.05. The zero-order valence-electron chi connectivity index (χ0n) is 15.0. The number of alkyl halides is 2. The maximum Gasteiger partial charge on any atom is 0.387 e. The van der Waals surface area contributed by atoms with Crippen molar-refractivity contribution in [3.63, 3.8) is 0 Å². The fourth-order valence-electron chi connectivity index (χ4n) is 2.37. The number of aryl methyl sites for hydroxylation is 1. The van der Waals surface area contributed by atoms with E-state index in [0.29, 0.717) is 25.6 Å². The van der Waals surface area contributed by atoms with Crippen molar-refractivity contribution in [3.05, 3.63) is 42.0 Å². The average Bonchev–Trinajstić information content (AvgIpc) is 3.07. The van der Waals surface area contributed by atoms with E-state index in [1.807, 2.05) is 24.5 Å². The molecule has 1 aromatic heterocycles. The van der Waals surface area contributed by atoms with E-state index in [9.17, 15) is 8.78 Å². The van der Waals surface area contributed by atoms with Crippen LogP contribution in [0.5, 0.6) is 5.75 Å². The van der Waals surface area contributed by atoms with E-state index >= 15 is 0 Å². The van der Waals surface area contributed by atoms with Gasteiger partial charge in [-0.3, -0.25) is 0 Å². The standard InChI is InChI=1S/C17H24F2N6O/c1-3-15-24-23-12-25(15)9-8-21-17(20-4-2)22-11-13-6-5-7-14(10-13)26-16(18)19/h5-7,10,12,16H,3-4,8-9,11H2,1-2H3,(H2,20,21,22). The Kier molecular flexibility index (Phi) is 7.78. The SMILES string of the molecule is CCNC(=NCc1cccc(OC(F)F)c1)NCCn1cnnc1CC. The molecule has 0 radical (unpaired) electrons. The zero-order valence-corrected chi connectivity index (χ0v) is 15.0. The Balaban J connectivity index is 1.91. The normalized spacial score (nSPS) is 11.7. The number of hydrogen-bond donors (Lipinski definition) is 2. The number of nitrogens with zero attached hydrogens (tertiary/aromatic N) is 4. The quantitative estimate of drug-likeness (QED) is 0.526. The van der Waals surface area contributed by atoms with Crippen molar-refractivity contribution >= 4 is 5.96 Å². The first-order valence-corrected chi connectivity index (χ1v) is 8.55. The van der Waals surface area contributed by atoms with E-state index in [4.69, 9.17) is 0 Å². The van der Waals surface area contributed by atoms with Crippen LogP contribution in [0, 0.1) is 0 Å². The molecule has 0 fully saturated rings. The molecule has 142 valence electrons. The van der Waals surface area contributed by atoms with Crippen LogP contribution in [0.25, 0.3) is 0 Å². The summed E-state index contributed by atoms with van der Waals surface area (Å²) in [5.41, 5.74) is 0.785. The molecule has 0 aliphatic rings. The minimum atomic E-state index is -2.83. The number of rotatable bonds is 9. The van der Waals surface area contributed by atoms with E-state index in [1.54, 1.807) is 18.5 Å². The highest BCUT2D eigenvalue weighted by Crippen LogP contribution is 2.16. The third-order valence-electron chi connectivity index (χ3n) is 3.54. The summed E-state index contributed by atoms with van der Waals surface area (Å²) in [6.07, 6.45) is 2.53. The molecule has 0 saturated heterocycles. The molecule has 1 heterocycles. The molecule has 0 aliphatic heterocycles. The molecule has 0 unspecified atom stereocenters. The first kappa shape index (κ1) is 19.6. The first-order chi connectivity index (χ1) is 12.6. The van der Waals surface area contributed by atoms with Gasteiger partial charge in [0.2, 0.25) is 0 Å². The van der Waals surface area contributed by atoms with E-state index in [-0.39, 0.29) is 5.75 Å². The number of ether oxygens (including phenoxy) is 1. The molecule has 2 rings (SSSR count). The molecule has 0 bridgehead atoms. The molecule has 0 spiro atoms. The number of guanidine groups is 1. The summed E-state index contributed by atoms with van der Waals surface area (Å²) in [6.45, 7) is 3.62. The third-order valence-corrected chi connectivity index (χ3v) is 3.54. The van der Waals surface area contributed by atoms with Gasteiger partial charge in [0.1, 0.15) is 17.9 Å². The lowest BCUT2D eigenvalue weighted by molar-refractivity contribution is -0.0498. The predicted octanol–water partition coefficient (Wildman–Crippen LogP) is 2.20. The minimum absolute atomic E-state index is 0.130. The van der Waals surface area contributed by atoms with Gasteiger partial charge in [-0.25, -0.2) is 4.99 Å². The molecule has 2 aromatic rings. The summed E-state index contributed by atoms with van der Waals surface area (Å²) >= 11 is 0. The van der Waals surface area contributed by atoms with Gasteiger partial charge in [-0.15, -0.1) is 10.2 Å². The topological polar surface area (TPSA) is 76.4 Å². The Bertz CT molecular complexity index is 704. The molecule has 9 heteroatoms. The maximum atomic E-state index is 12.3. The molecule has 7 nitrogen and oxygen atoms in total. The minimum Gasteiger partial charge on any atom is -0.435 e. The summed E-state index contributed by atoms with van der Waals surface area (Å²) in [7, 11) is 0. The predicted molar refractivity (Wildman–Crippen MR) is 95.3 cm³/mol. The third kappa shape index (κ3) is 6.30. The van der Waals surface area contributed by atoms with Crippen molar-refractivity contribution in [2.75, 3.05) is 13.1 Å². The van der Waals surface area contributed by atoms with E-state index in [0.717, 1.165) is 24.4 Å². The Hall–Kier alpha value is -2.71. The zero-order chi connectivity index (χ0) is 18.8. The summed E-state index contributed by atoms with van der Waals surface area (Å²) in [6, 6.07) is 6.54. The van der Waals surface area contributed by atoms with Crippen molar-refractivity contribution in [1.82, 2.24) is 25.4 Å². The van der Waals surface area contributed by atoms with Crippen molar-refractivity contribution in [2.45, 2.75) is 40.0 Å². The maximum absolute atomic E-state index is 12.3. The lowest BCUT2D eigenvalue weighted by Gasteiger charge is -2.12. The molecular weight excluding hydrogens is 342 g/mol. The van der Waals surface area contributed by atoms with Gasteiger partial charge in [0.25, 0.3) is 0 Å². The molecule has 0 saturated carbocycles. The van der Waals surface area contributed by atoms with Gasteiger partial charge in [0.15, 0.2) is 5.96 Å². The highest BCUT2D eigenvalue weighted by atomic mass is 19.3. The van der Waals surface area contributed by atoms with Crippen LogP contribution in [0.3, 0.4) is 0 Å². The molecule has 0 atom stereocenters. The van der Waals surface area contributed by atoms with E-state index in [1.165, 1.54) is 6.07 Å². The lowest BCUT2D eigenvalue weighted by Crippen LogP contribution is -2.38. The molecular formula is C17H24F2N6O. The molecule has 0 aliphatic carbocycles. The molecule has 1 aromatic carbocycles. The van der Waals surface area contributed by atoms with Gasteiger partial charge in [-0.2, -0.15) is 8.78 Å². The van der Waals surface area contributed by atoms with Gasteiger partial charge < -0.3 is 19.9 Å². The Morgan fingerprint density at radius 3 is 2.88 bits per heavy atom. The number of aromatic nitrogens is 3. The van der Waals surface area contributed by atoms with Gasteiger partial charge in [0.05, 0.1) is 6.54 Å². The molecule has 2 N–H and O–H groups in total. The lowest BCUT2D eigenvalue weighted by atomic mass is 10.2. The van der Waals surface area contributed by atoms with Crippen molar-refractivity contribution in [2.24, 2.45) is 4.99 Å².